The molecule has 0 aliphatic heterocycles. The van der Waals surface area contributed by atoms with Crippen LogP contribution in [0.15, 0.2) is 48.5 Å². The minimum atomic E-state index is -0.417. The smallest absolute Gasteiger partial charge is 0.411 e. The molecule has 2 aromatic rings. The van der Waals surface area contributed by atoms with E-state index in [1.54, 1.807) is 7.11 Å². The molecule has 0 aliphatic rings. The van der Waals surface area contributed by atoms with E-state index in [-0.39, 0.29) is 17.9 Å². The normalized spacial score (nSPS) is 12.8. The van der Waals surface area contributed by atoms with E-state index < -0.39 is 6.09 Å². The van der Waals surface area contributed by atoms with Gasteiger partial charge in [0, 0.05) is 32.0 Å². The molecule has 0 bridgehead atoms. The summed E-state index contributed by atoms with van der Waals surface area (Å²) in [4.78, 5) is 23.6. The van der Waals surface area contributed by atoms with Crippen LogP contribution in [0, 0.1) is 11.8 Å². The largest absolute Gasteiger partial charge is 0.446 e. The van der Waals surface area contributed by atoms with Crippen molar-refractivity contribution in [1.29, 1.82) is 0 Å². The van der Waals surface area contributed by atoms with Gasteiger partial charge < -0.3 is 14.8 Å². The summed E-state index contributed by atoms with van der Waals surface area (Å²) < 4.78 is 10.9. The Morgan fingerprint density at radius 1 is 0.818 bits per heavy atom. The lowest BCUT2D eigenvalue weighted by molar-refractivity contribution is -0.114. The third-order valence-corrected chi connectivity index (χ3v) is 5.64. The quantitative estimate of drug-likeness (QED) is 0.397. The highest BCUT2D eigenvalue weighted by Gasteiger charge is 2.19. The van der Waals surface area contributed by atoms with Crippen LogP contribution < -0.4 is 10.6 Å². The van der Waals surface area contributed by atoms with Gasteiger partial charge in [0.15, 0.2) is 0 Å². The molecule has 0 heterocycles. The molecule has 2 atom stereocenters. The number of carbonyl (C=O) groups is 2. The first kappa shape index (κ1) is 26.4. The number of rotatable bonds is 12. The molecule has 2 rings (SSSR count). The minimum absolute atomic E-state index is 0.0827. The van der Waals surface area contributed by atoms with Crippen LogP contribution in [0.25, 0.3) is 0 Å². The zero-order valence-electron chi connectivity index (χ0n) is 20.5. The summed E-state index contributed by atoms with van der Waals surface area (Å²) in [7, 11) is 1.72. The van der Waals surface area contributed by atoms with Crippen molar-refractivity contribution in [2.24, 2.45) is 11.8 Å². The van der Waals surface area contributed by atoms with Crippen molar-refractivity contribution in [2.75, 3.05) is 24.4 Å². The molecule has 0 saturated heterocycles. The first-order chi connectivity index (χ1) is 15.8. The van der Waals surface area contributed by atoms with Gasteiger partial charge in [-0.1, -0.05) is 45.0 Å². The molecule has 2 N–H and O–H groups in total. The Bertz CT molecular complexity index is 863. The van der Waals surface area contributed by atoms with E-state index >= 15 is 0 Å². The molecule has 33 heavy (non-hydrogen) atoms. The minimum Gasteiger partial charge on any atom is -0.446 e. The van der Waals surface area contributed by atoms with Crippen molar-refractivity contribution in [3.63, 3.8) is 0 Å². The van der Waals surface area contributed by atoms with Gasteiger partial charge in [-0.15, -0.1) is 0 Å². The van der Waals surface area contributed by atoms with Gasteiger partial charge in [-0.05, 0) is 72.9 Å². The second-order valence-corrected chi connectivity index (χ2v) is 9.03. The number of nitrogens with one attached hydrogen (secondary N) is 2. The second kappa shape index (κ2) is 13.6. The van der Waals surface area contributed by atoms with E-state index in [9.17, 15) is 9.59 Å². The van der Waals surface area contributed by atoms with Crippen LogP contribution in [-0.2, 0) is 20.7 Å². The Kier molecular flexibility index (Phi) is 10.9. The van der Waals surface area contributed by atoms with E-state index in [2.05, 4.69) is 31.4 Å². The Hall–Kier alpha value is -2.86. The van der Waals surface area contributed by atoms with Crippen LogP contribution in [0.3, 0.4) is 0 Å². The van der Waals surface area contributed by atoms with Crippen LogP contribution >= 0.6 is 0 Å². The lowest BCUT2D eigenvalue weighted by atomic mass is 9.95. The van der Waals surface area contributed by atoms with E-state index in [1.165, 1.54) is 6.92 Å². The summed E-state index contributed by atoms with van der Waals surface area (Å²) in [6.45, 7) is 8.61. The maximum atomic E-state index is 12.4. The number of ether oxygens (including phenoxy) is 2. The number of carbonyl (C=O) groups excluding carboxylic acids is 2. The molecule has 0 spiro atoms. The van der Waals surface area contributed by atoms with E-state index in [1.807, 2.05) is 48.5 Å². The molecule has 0 aromatic heterocycles. The van der Waals surface area contributed by atoms with Crippen molar-refractivity contribution in [1.82, 2.24) is 0 Å². The number of anilines is 2. The molecule has 0 radical (unpaired) electrons. The predicted octanol–water partition coefficient (Wildman–Crippen LogP) is 6.26. The maximum absolute atomic E-state index is 12.4. The maximum Gasteiger partial charge on any atom is 0.411 e. The summed E-state index contributed by atoms with van der Waals surface area (Å²) in [6, 6.07) is 15.6. The fourth-order valence-electron chi connectivity index (χ4n) is 3.58. The average molecular weight is 455 g/mol. The molecule has 2 amide bonds. The lowest BCUT2D eigenvalue weighted by Gasteiger charge is -2.23. The Morgan fingerprint density at radius 2 is 1.36 bits per heavy atom. The number of hydrogen-bond acceptors (Lipinski definition) is 4. The average Bonchev–Trinajstić information content (AvgIpc) is 2.77. The number of benzene rings is 2. The highest BCUT2D eigenvalue weighted by Crippen LogP contribution is 2.20. The van der Waals surface area contributed by atoms with Gasteiger partial charge in [-0.25, -0.2) is 4.79 Å². The molecule has 2 unspecified atom stereocenters. The molecule has 2 aromatic carbocycles. The fraction of sp³-hybridized carbons (Fsp3) is 0.481. The summed E-state index contributed by atoms with van der Waals surface area (Å²) in [6.07, 6.45) is 3.09. The zero-order valence-corrected chi connectivity index (χ0v) is 20.5. The third-order valence-electron chi connectivity index (χ3n) is 5.64. The highest BCUT2D eigenvalue weighted by molar-refractivity contribution is 5.88. The summed E-state index contributed by atoms with van der Waals surface area (Å²) >= 11 is 0. The molecule has 6 heteroatoms. The van der Waals surface area contributed by atoms with Crippen molar-refractivity contribution in [3.05, 3.63) is 59.7 Å². The van der Waals surface area contributed by atoms with Crippen molar-refractivity contribution in [2.45, 2.75) is 59.5 Å². The van der Waals surface area contributed by atoms with Crippen LogP contribution in [-0.4, -0.2) is 31.8 Å². The highest BCUT2D eigenvalue weighted by atomic mass is 16.6. The monoisotopic (exact) mass is 454 g/mol. The molecule has 0 fully saturated rings. The second-order valence-electron chi connectivity index (χ2n) is 9.03. The van der Waals surface area contributed by atoms with Gasteiger partial charge in [0.25, 0.3) is 0 Å². The molecule has 0 saturated carbocycles. The van der Waals surface area contributed by atoms with Crippen LogP contribution in [0.1, 0.15) is 58.1 Å². The van der Waals surface area contributed by atoms with Crippen LogP contribution in [0.4, 0.5) is 16.2 Å². The first-order valence-corrected chi connectivity index (χ1v) is 11.7. The standard InChI is InChI=1S/C27H38N2O4/c1-19(2)26(15-6-20(3)16-17-32-5)33-27(31)29-25-13-9-23(10-14-25)18-22-7-11-24(12-8-22)28-21(4)30/h7-14,19-20,26H,6,15-18H2,1-5H3,(H,28,30)(H,29,31). The van der Waals surface area contributed by atoms with Gasteiger partial charge in [0.05, 0.1) is 0 Å². The molecule has 0 aliphatic carbocycles. The van der Waals surface area contributed by atoms with Gasteiger partial charge in [-0.2, -0.15) is 0 Å². The van der Waals surface area contributed by atoms with Crippen molar-refractivity contribution in [3.8, 4) is 0 Å². The third kappa shape index (κ3) is 10.1. The van der Waals surface area contributed by atoms with Gasteiger partial charge in [0.2, 0.25) is 5.91 Å². The molecular weight excluding hydrogens is 416 g/mol. The Balaban J connectivity index is 1.84. The van der Waals surface area contributed by atoms with Gasteiger partial charge >= 0.3 is 6.09 Å². The van der Waals surface area contributed by atoms with Crippen LogP contribution in [0.5, 0.6) is 0 Å². The van der Waals surface area contributed by atoms with E-state index in [4.69, 9.17) is 9.47 Å². The Morgan fingerprint density at radius 3 is 1.85 bits per heavy atom. The number of hydrogen-bond donors (Lipinski definition) is 2. The van der Waals surface area contributed by atoms with Gasteiger partial charge in [-0.3, -0.25) is 10.1 Å². The molecule has 180 valence electrons. The molecular formula is C27H38N2O4. The first-order valence-electron chi connectivity index (χ1n) is 11.7. The van der Waals surface area contributed by atoms with E-state index in [0.717, 1.165) is 49.1 Å². The van der Waals surface area contributed by atoms with E-state index in [0.29, 0.717) is 11.6 Å². The van der Waals surface area contributed by atoms with Crippen molar-refractivity contribution < 1.29 is 19.1 Å². The Labute approximate surface area is 198 Å². The topological polar surface area (TPSA) is 76.7 Å². The summed E-state index contributed by atoms with van der Waals surface area (Å²) in [5.74, 6) is 0.706. The van der Waals surface area contributed by atoms with Crippen LogP contribution in [0.2, 0.25) is 0 Å². The summed E-state index contributed by atoms with van der Waals surface area (Å²) in [5.41, 5.74) is 3.77. The SMILES string of the molecule is COCCC(C)CCC(OC(=O)Nc1ccc(Cc2ccc(NC(C)=O)cc2)cc1)C(C)C. The van der Waals surface area contributed by atoms with Gasteiger partial charge in [0.1, 0.15) is 6.10 Å². The predicted molar refractivity (Wildman–Crippen MR) is 134 cm³/mol. The number of amides is 2. The zero-order chi connectivity index (χ0) is 24.2. The lowest BCUT2D eigenvalue weighted by Crippen LogP contribution is -2.27. The molecule has 6 nitrogen and oxygen atoms in total. The van der Waals surface area contributed by atoms with Crippen molar-refractivity contribution >= 4 is 23.4 Å². The fourth-order valence-corrected chi connectivity index (χ4v) is 3.58. The summed E-state index contributed by atoms with van der Waals surface area (Å²) in [5, 5.41) is 5.61. The number of methoxy groups -OCH3 is 1.